The fourth-order valence-corrected chi connectivity index (χ4v) is 3.21. The summed E-state index contributed by atoms with van der Waals surface area (Å²) in [6.45, 7) is 8.26. The van der Waals surface area contributed by atoms with Gasteiger partial charge in [-0.15, -0.1) is 0 Å². The number of ether oxygens (including phenoxy) is 1. The molecule has 4 heteroatoms. The van der Waals surface area contributed by atoms with E-state index in [1.165, 1.54) is 6.42 Å². The van der Waals surface area contributed by atoms with Crippen molar-refractivity contribution in [1.82, 2.24) is 10.3 Å². The molecular weight excluding hydrogens is 272 g/mol. The molecule has 1 saturated carbocycles. The van der Waals surface area contributed by atoms with Crippen LogP contribution in [0.1, 0.15) is 45.7 Å². The van der Waals surface area contributed by atoms with Crippen molar-refractivity contribution in [3.05, 3.63) is 22.8 Å². The summed E-state index contributed by atoms with van der Waals surface area (Å²) in [5.41, 5.74) is 0.864. The van der Waals surface area contributed by atoms with Gasteiger partial charge >= 0.3 is 0 Å². The third-order valence-electron chi connectivity index (χ3n) is 3.86. The van der Waals surface area contributed by atoms with Gasteiger partial charge in [0.2, 0.25) is 5.88 Å². The van der Waals surface area contributed by atoms with Gasteiger partial charge in [-0.05, 0) is 43.7 Å². The highest BCUT2D eigenvalue weighted by molar-refractivity contribution is 6.31. The lowest BCUT2D eigenvalue weighted by molar-refractivity contribution is 0.0965. The maximum absolute atomic E-state index is 6.16. The fourth-order valence-electron chi connectivity index (χ4n) is 3.04. The van der Waals surface area contributed by atoms with Crippen LogP contribution >= 0.6 is 11.6 Å². The first-order chi connectivity index (χ1) is 9.58. The fraction of sp³-hybridized carbons (Fsp3) is 0.688. The monoisotopic (exact) mass is 296 g/mol. The molecule has 1 aliphatic rings. The minimum absolute atomic E-state index is 0.286. The molecule has 0 aliphatic heterocycles. The minimum Gasteiger partial charge on any atom is -0.474 e. The number of hydrogen-bond acceptors (Lipinski definition) is 3. The molecule has 3 nitrogen and oxygen atoms in total. The Balaban J connectivity index is 2.01. The highest BCUT2D eigenvalue weighted by Gasteiger charge is 2.25. The molecule has 1 fully saturated rings. The summed E-state index contributed by atoms with van der Waals surface area (Å²) in [4.78, 5) is 4.54. The molecule has 1 N–H and O–H groups in total. The predicted octanol–water partition coefficient (Wildman–Crippen LogP) is 4.05. The van der Waals surface area contributed by atoms with E-state index in [-0.39, 0.29) is 6.10 Å². The zero-order valence-electron chi connectivity index (χ0n) is 12.7. The molecule has 0 radical (unpaired) electrons. The average molecular weight is 297 g/mol. The van der Waals surface area contributed by atoms with Gasteiger partial charge in [0, 0.05) is 12.6 Å². The largest absolute Gasteiger partial charge is 0.474 e. The Labute approximate surface area is 127 Å². The normalized spacial score (nSPS) is 26.5. The van der Waals surface area contributed by atoms with Crippen molar-refractivity contribution in [3.63, 3.8) is 0 Å². The van der Waals surface area contributed by atoms with E-state index in [2.05, 4.69) is 31.1 Å². The van der Waals surface area contributed by atoms with Crippen molar-refractivity contribution >= 4 is 11.6 Å². The number of halogens is 1. The topological polar surface area (TPSA) is 34.2 Å². The lowest BCUT2D eigenvalue weighted by atomic mass is 9.82. The molecule has 1 aromatic heterocycles. The van der Waals surface area contributed by atoms with Gasteiger partial charge in [0.05, 0.1) is 10.7 Å². The van der Waals surface area contributed by atoms with Crippen LogP contribution in [0.4, 0.5) is 0 Å². The maximum Gasteiger partial charge on any atom is 0.213 e. The summed E-state index contributed by atoms with van der Waals surface area (Å²) in [6.07, 6.45) is 3.84. The zero-order chi connectivity index (χ0) is 14.5. The molecule has 0 aromatic carbocycles. The molecule has 20 heavy (non-hydrogen) atoms. The molecule has 1 aromatic rings. The number of hydrogen-bond donors (Lipinski definition) is 1. The molecule has 2 unspecified atom stereocenters. The van der Waals surface area contributed by atoms with E-state index in [1.54, 1.807) is 0 Å². The zero-order valence-corrected chi connectivity index (χ0v) is 13.4. The van der Waals surface area contributed by atoms with Crippen LogP contribution in [0.15, 0.2) is 12.1 Å². The summed E-state index contributed by atoms with van der Waals surface area (Å²) in [5.74, 6) is 2.17. The second-order valence-corrected chi connectivity index (χ2v) is 6.42. The maximum atomic E-state index is 6.16. The Morgan fingerprint density at radius 2 is 1.95 bits per heavy atom. The van der Waals surface area contributed by atoms with Crippen LogP contribution in [0.3, 0.4) is 0 Å². The summed E-state index contributed by atoms with van der Waals surface area (Å²) in [7, 11) is 0. The van der Waals surface area contributed by atoms with Crippen LogP contribution in [0, 0.1) is 11.8 Å². The van der Waals surface area contributed by atoms with E-state index in [9.17, 15) is 0 Å². The van der Waals surface area contributed by atoms with Crippen LogP contribution in [0.5, 0.6) is 5.88 Å². The first-order valence-corrected chi connectivity index (χ1v) is 7.99. The number of aromatic nitrogens is 1. The Bertz CT molecular complexity index is 428. The van der Waals surface area contributed by atoms with Gasteiger partial charge in [0.15, 0.2) is 0 Å². The summed E-state index contributed by atoms with van der Waals surface area (Å²) in [6, 6.07) is 3.76. The summed E-state index contributed by atoms with van der Waals surface area (Å²) in [5, 5.41) is 3.95. The Morgan fingerprint density at radius 1 is 1.25 bits per heavy atom. The van der Waals surface area contributed by atoms with Crippen molar-refractivity contribution in [2.75, 3.05) is 6.54 Å². The highest BCUT2D eigenvalue weighted by Crippen LogP contribution is 2.31. The van der Waals surface area contributed by atoms with E-state index in [0.29, 0.717) is 17.4 Å². The molecule has 1 aliphatic carbocycles. The minimum atomic E-state index is 0.286. The SMILES string of the molecule is CCNCc1nc(OC2CC(C)CC(C)C2)ccc1Cl. The molecule has 2 atom stereocenters. The first-order valence-electron chi connectivity index (χ1n) is 7.61. The number of nitrogens with one attached hydrogen (secondary N) is 1. The quantitative estimate of drug-likeness (QED) is 0.890. The van der Waals surface area contributed by atoms with Crippen molar-refractivity contribution in [2.24, 2.45) is 11.8 Å². The van der Waals surface area contributed by atoms with Crippen molar-refractivity contribution in [1.29, 1.82) is 0 Å². The second-order valence-electron chi connectivity index (χ2n) is 6.02. The Kier molecular flexibility index (Phi) is 5.67. The molecular formula is C16H25ClN2O. The van der Waals surface area contributed by atoms with Gasteiger partial charge in [0.1, 0.15) is 6.10 Å². The van der Waals surface area contributed by atoms with Crippen LogP contribution in [0.25, 0.3) is 0 Å². The highest BCUT2D eigenvalue weighted by atomic mass is 35.5. The van der Waals surface area contributed by atoms with Gasteiger partial charge in [-0.1, -0.05) is 32.4 Å². The summed E-state index contributed by atoms with van der Waals surface area (Å²) >= 11 is 6.16. The van der Waals surface area contributed by atoms with Crippen molar-refractivity contribution in [3.8, 4) is 5.88 Å². The van der Waals surface area contributed by atoms with Gasteiger partial charge in [0.25, 0.3) is 0 Å². The molecule has 1 heterocycles. The van der Waals surface area contributed by atoms with E-state index < -0.39 is 0 Å². The van der Waals surface area contributed by atoms with E-state index in [0.717, 1.165) is 36.9 Å². The van der Waals surface area contributed by atoms with E-state index in [1.807, 2.05) is 12.1 Å². The molecule has 0 amide bonds. The first kappa shape index (κ1) is 15.6. The lowest BCUT2D eigenvalue weighted by Crippen LogP contribution is -2.28. The van der Waals surface area contributed by atoms with Crippen LogP contribution in [-0.2, 0) is 6.54 Å². The standard InChI is InChI=1S/C16H25ClN2O/c1-4-18-10-15-14(17)5-6-16(19-15)20-13-8-11(2)7-12(3)9-13/h5-6,11-13,18H,4,7-10H2,1-3H3. The second kappa shape index (κ2) is 7.28. The lowest BCUT2D eigenvalue weighted by Gasteiger charge is -2.31. The number of nitrogens with zero attached hydrogens (tertiary/aromatic N) is 1. The van der Waals surface area contributed by atoms with Gasteiger partial charge in [-0.3, -0.25) is 0 Å². The Hall–Kier alpha value is -0.800. The molecule has 2 rings (SSSR count). The smallest absolute Gasteiger partial charge is 0.213 e. The number of rotatable bonds is 5. The van der Waals surface area contributed by atoms with Crippen molar-refractivity contribution in [2.45, 2.75) is 52.7 Å². The van der Waals surface area contributed by atoms with Crippen molar-refractivity contribution < 1.29 is 4.74 Å². The Morgan fingerprint density at radius 3 is 2.60 bits per heavy atom. The predicted molar refractivity (Wildman–Crippen MR) is 83.2 cm³/mol. The average Bonchev–Trinajstić information content (AvgIpc) is 2.38. The third-order valence-corrected chi connectivity index (χ3v) is 4.20. The van der Waals surface area contributed by atoms with Gasteiger partial charge in [-0.25, -0.2) is 4.98 Å². The molecule has 0 saturated heterocycles. The van der Waals surface area contributed by atoms with Crippen LogP contribution < -0.4 is 10.1 Å². The third kappa shape index (κ3) is 4.35. The number of pyridine rings is 1. The van der Waals surface area contributed by atoms with Crippen LogP contribution in [-0.4, -0.2) is 17.6 Å². The molecule has 0 spiro atoms. The molecule has 0 bridgehead atoms. The summed E-state index contributed by atoms with van der Waals surface area (Å²) < 4.78 is 6.07. The van der Waals surface area contributed by atoms with Gasteiger partial charge in [-0.2, -0.15) is 0 Å². The van der Waals surface area contributed by atoms with Gasteiger partial charge < -0.3 is 10.1 Å². The van der Waals surface area contributed by atoms with E-state index in [4.69, 9.17) is 16.3 Å². The molecule has 112 valence electrons. The van der Waals surface area contributed by atoms with Crippen LogP contribution in [0.2, 0.25) is 5.02 Å². The van der Waals surface area contributed by atoms with E-state index >= 15 is 0 Å².